The second kappa shape index (κ2) is 8.12. The van der Waals surface area contributed by atoms with Crippen molar-refractivity contribution in [2.45, 2.75) is 13.8 Å². The molecule has 2 amide bonds. The smallest absolute Gasteiger partial charge is 0.251 e. The summed E-state index contributed by atoms with van der Waals surface area (Å²) in [5, 5.41) is 8.46. The lowest BCUT2D eigenvalue weighted by Gasteiger charge is -2.10. The summed E-state index contributed by atoms with van der Waals surface area (Å²) < 4.78 is 0. The molecule has 0 aliphatic heterocycles. The van der Waals surface area contributed by atoms with Gasteiger partial charge in [0.25, 0.3) is 5.91 Å². The molecule has 0 unspecified atom stereocenters. The SMILES string of the molecule is C=CCNCC(=O)Nc1ccc(C(=O)NCC)cc1C. The molecule has 1 rings (SSSR count). The molecule has 0 spiro atoms. The van der Waals surface area contributed by atoms with Gasteiger partial charge in [0.15, 0.2) is 0 Å². The maximum Gasteiger partial charge on any atom is 0.251 e. The van der Waals surface area contributed by atoms with Crippen LogP contribution < -0.4 is 16.0 Å². The summed E-state index contributed by atoms with van der Waals surface area (Å²) in [6.07, 6.45) is 1.69. The van der Waals surface area contributed by atoms with Crippen molar-refractivity contribution >= 4 is 17.5 Å². The Hall–Kier alpha value is -2.14. The first kappa shape index (κ1) is 15.9. The Morgan fingerprint density at radius 3 is 2.70 bits per heavy atom. The summed E-state index contributed by atoms with van der Waals surface area (Å²) in [4.78, 5) is 23.4. The summed E-state index contributed by atoms with van der Waals surface area (Å²) in [5.41, 5.74) is 2.15. The van der Waals surface area contributed by atoms with Gasteiger partial charge in [0.1, 0.15) is 0 Å². The van der Waals surface area contributed by atoms with E-state index in [2.05, 4.69) is 22.5 Å². The van der Waals surface area contributed by atoms with Gasteiger partial charge in [-0.05, 0) is 37.6 Å². The van der Waals surface area contributed by atoms with Gasteiger partial charge < -0.3 is 16.0 Å². The zero-order valence-corrected chi connectivity index (χ0v) is 12.0. The molecular weight excluding hydrogens is 254 g/mol. The molecule has 5 heteroatoms. The Kier molecular flexibility index (Phi) is 6.46. The third kappa shape index (κ3) is 4.85. The molecule has 0 aliphatic rings. The fraction of sp³-hybridized carbons (Fsp3) is 0.333. The van der Waals surface area contributed by atoms with Crippen molar-refractivity contribution in [1.29, 1.82) is 0 Å². The van der Waals surface area contributed by atoms with Crippen LogP contribution in [-0.2, 0) is 4.79 Å². The van der Waals surface area contributed by atoms with E-state index in [1.165, 1.54) is 0 Å². The molecule has 0 radical (unpaired) electrons. The average Bonchev–Trinajstić information content (AvgIpc) is 2.41. The number of carbonyl (C=O) groups excluding carboxylic acids is 2. The molecule has 5 nitrogen and oxygen atoms in total. The van der Waals surface area contributed by atoms with Gasteiger partial charge in [-0.3, -0.25) is 9.59 Å². The normalized spacial score (nSPS) is 9.90. The molecule has 0 aromatic heterocycles. The predicted molar refractivity (Wildman–Crippen MR) is 80.9 cm³/mol. The monoisotopic (exact) mass is 275 g/mol. The zero-order chi connectivity index (χ0) is 15.0. The zero-order valence-electron chi connectivity index (χ0n) is 12.0. The number of carbonyl (C=O) groups is 2. The lowest BCUT2D eigenvalue weighted by molar-refractivity contribution is -0.115. The van der Waals surface area contributed by atoms with Crippen molar-refractivity contribution in [3.8, 4) is 0 Å². The minimum absolute atomic E-state index is 0.110. The van der Waals surface area contributed by atoms with Gasteiger partial charge in [-0.15, -0.1) is 6.58 Å². The fourth-order valence-electron chi connectivity index (χ4n) is 1.69. The van der Waals surface area contributed by atoms with Crippen molar-refractivity contribution in [2.24, 2.45) is 0 Å². The van der Waals surface area contributed by atoms with E-state index >= 15 is 0 Å². The Balaban J connectivity index is 2.66. The minimum Gasteiger partial charge on any atom is -0.352 e. The van der Waals surface area contributed by atoms with Crippen molar-refractivity contribution in [2.75, 3.05) is 25.0 Å². The van der Waals surface area contributed by atoms with E-state index < -0.39 is 0 Å². The van der Waals surface area contributed by atoms with Crippen molar-refractivity contribution < 1.29 is 9.59 Å². The number of hydrogen-bond donors (Lipinski definition) is 3. The number of hydrogen-bond acceptors (Lipinski definition) is 3. The molecule has 1 aromatic carbocycles. The van der Waals surface area contributed by atoms with E-state index in [4.69, 9.17) is 0 Å². The maximum absolute atomic E-state index is 11.7. The molecule has 0 fully saturated rings. The van der Waals surface area contributed by atoms with Crippen LogP contribution in [0.1, 0.15) is 22.8 Å². The standard InChI is InChI=1S/C15H21N3O2/c1-4-8-16-10-14(19)18-13-7-6-12(9-11(13)3)15(20)17-5-2/h4,6-7,9,16H,1,5,8,10H2,2-3H3,(H,17,20)(H,18,19). The molecule has 3 N–H and O–H groups in total. The highest BCUT2D eigenvalue weighted by molar-refractivity contribution is 5.96. The summed E-state index contributed by atoms with van der Waals surface area (Å²) in [5.74, 6) is -0.234. The van der Waals surface area contributed by atoms with Gasteiger partial charge in [-0.2, -0.15) is 0 Å². The van der Waals surface area contributed by atoms with Crippen LogP contribution in [0.25, 0.3) is 0 Å². The Morgan fingerprint density at radius 2 is 2.10 bits per heavy atom. The summed E-state index contributed by atoms with van der Waals surface area (Å²) >= 11 is 0. The molecule has 0 bridgehead atoms. The molecule has 0 saturated carbocycles. The van der Waals surface area contributed by atoms with Crippen molar-refractivity contribution in [3.05, 3.63) is 42.0 Å². The Labute approximate surface area is 119 Å². The lowest BCUT2D eigenvalue weighted by Crippen LogP contribution is -2.28. The highest BCUT2D eigenvalue weighted by Crippen LogP contribution is 2.16. The van der Waals surface area contributed by atoms with Crippen LogP contribution in [0.3, 0.4) is 0 Å². The van der Waals surface area contributed by atoms with E-state index in [1.807, 2.05) is 13.8 Å². The molecule has 0 aliphatic carbocycles. The van der Waals surface area contributed by atoms with E-state index in [1.54, 1.807) is 24.3 Å². The van der Waals surface area contributed by atoms with Gasteiger partial charge in [0.2, 0.25) is 5.91 Å². The number of nitrogens with one attached hydrogen (secondary N) is 3. The quantitative estimate of drug-likeness (QED) is 0.521. The molecule has 0 atom stereocenters. The van der Waals surface area contributed by atoms with E-state index in [0.29, 0.717) is 24.3 Å². The van der Waals surface area contributed by atoms with Crippen LogP contribution in [-0.4, -0.2) is 31.4 Å². The van der Waals surface area contributed by atoms with Crippen LogP contribution in [0.2, 0.25) is 0 Å². The molecule has 0 heterocycles. The van der Waals surface area contributed by atoms with E-state index in [9.17, 15) is 9.59 Å². The summed E-state index contributed by atoms with van der Waals surface area (Å²) in [6, 6.07) is 5.20. The van der Waals surface area contributed by atoms with Crippen LogP contribution in [0.15, 0.2) is 30.9 Å². The number of rotatable bonds is 7. The molecular formula is C15H21N3O2. The molecule has 0 saturated heterocycles. The first-order valence-electron chi connectivity index (χ1n) is 6.58. The Bertz CT molecular complexity index is 498. The van der Waals surface area contributed by atoms with Crippen LogP contribution in [0.4, 0.5) is 5.69 Å². The van der Waals surface area contributed by atoms with Crippen LogP contribution >= 0.6 is 0 Å². The predicted octanol–water partition coefficient (Wildman–Crippen LogP) is 1.46. The highest BCUT2D eigenvalue weighted by atomic mass is 16.2. The highest BCUT2D eigenvalue weighted by Gasteiger charge is 2.08. The van der Waals surface area contributed by atoms with Gasteiger partial charge in [-0.1, -0.05) is 6.08 Å². The number of anilines is 1. The fourth-order valence-corrected chi connectivity index (χ4v) is 1.69. The lowest BCUT2D eigenvalue weighted by atomic mass is 10.1. The van der Waals surface area contributed by atoms with Crippen molar-refractivity contribution in [3.63, 3.8) is 0 Å². The first-order valence-corrected chi connectivity index (χ1v) is 6.58. The Morgan fingerprint density at radius 1 is 1.35 bits per heavy atom. The van der Waals surface area contributed by atoms with Crippen LogP contribution in [0.5, 0.6) is 0 Å². The molecule has 108 valence electrons. The largest absolute Gasteiger partial charge is 0.352 e. The van der Waals surface area contributed by atoms with Crippen molar-refractivity contribution in [1.82, 2.24) is 10.6 Å². The van der Waals surface area contributed by atoms with E-state index in [-0.39, 0.29) is 18.4 Å². The first-order chi connectivity index (χ1) is 9.58. The molecule has 20 heavy (non-hydrogen) atoms. The number of aryl methyl sites for hydroxylation is 1. The second-order valence-electron chi connectivity index (χ2n) is 4.36. The number of amides is 2. The van der Waals surface area contributed by atoms with Crippen LogP contribution in [0, 0.1) is 6.92 Å². The third-order valence-corrected chi connectivity index (χ3v) is 2.67. The maximum atomic E-state index is 11.7. The number of benzene rings is 1. The summed E-state index contributed by atoms with van der Waals surface area (Å²) in [6.45, 7) is 8.69. The van der Waals surface area contributed by atoms with E-state index in [0.717, 1.165) is 5.56 Å². The third-order valence-electron chi connectivity index (χ3n) is 2.67. The summed E-state index contributed by atoms with van der Waals surface area (Å²) in [7, 11) is 0. The average molecular weight is 275 g/mol. The topological polar surface area (TPSA) is 70.2 Å². The van der Waals surface area contributed by atoms with Gasteiger partial charge in [0, 0.05) is 24.3 Å². The van der Waals surface area contributed by atoms with Gasteiger partial charge in [0.05, 0.1) is 6.54 Å². The van der Waals surface area contributed by atoms with Gasteiger partial charge >= 0.3 is 0 Å². The minimum atomic E-state index is -0.124. The van der Waals surface area contributed by atoms with Gasteiger partial charge in [-0.25, -0.2) is 0 Å². The second-order valence-corrected chi connectivity index (χ2v) is 4.36. The molecule has 1 aromatic rings.